The Morgan fingerprint density at radius 2 is 1.74 bits per heavy atom. The first kappa shape index (κ1) is 25.5. The Morgan fingerprint density at radius 3 is 2.45 bits per heavy atom. The van der Waals surface area contributed by atoms with E-state index in [-0.39, 0.29) is 55.3 Å². The molecule has 2 fully saturated rings. The van der Waals surface area contributed by atoms with Gasteiger partial charge in [-0.15, -0.1) is 0 Å². The highest BCUT2D eigenvalue weighted by molar-refractivity contribution is 6.23. The quantitative estimate of drug-likeness (QED) is 0.558. The number of alkyl halides is 1. The summed E-state index contributed by atoms with van der Waals surface area (Å²) in [5.41, 5.74) is -0.409. The van der Waals surface area contributed by atoms with E-state index in [2.05, 4.69) is 10.6 Å². The van der Waals surface area contributed by atoms with Crippen molar-refractivity contribution in [2.75, 3.05) is 24.5 Å². The lowest BCUT2D eigenvalue weighted by Gasteiger charge is -2.37. The van der Waals surface area contributed by atoms with Crippen LogP contribution < -0.4 is 15.5 Å². The highest BCUT2D eigenvalue weighted by atomic mass is 19.1. The summed E-state index contributed by atoms with van der Waals surface area (Å²) >= 11 is 0. The van der Waals surface area contributed by atoms with Gasteiger partial charge in [-0.3, -0.25) is 34.2 Å². The zero-order valence-corrected chi connectivity index (χ0v) is 20.5. The van der Waals surface area contributed by atoms with Crippen LogP contribution in [0, 0.1) is 5.82 Å². The molecule has 11 heteroatoms. The number of nitrogens with one attached hydrogen (secondary N) is 2. The number of hydrogen-bond acceptors (Lipinski definition) is 6. The first-order valence-corrected chi connectivity index (χ1v) is 12.4. The molecular formula is C27H26F2N4O5. The van der Waals surface area contributed by atoms with Crippen molar-refractivity contribution in [2.24, 2.45) is 0 Å². The summed E-state index contributed by atoms with van der Waals surface area (Å²) in [7, 11) is 0. The van der Waals surface area contributed by atoms with Crippen molar-refractivity contribution >= 4 is 35.2 Å². The molecule has 3 heterocycles. The van der Waals surface area contributed by atoms with E-state index in [9.17, 15) is 28.4 Å². The van der Waals surface area contributed by atoms with E-state index in [1.165, 1.54) is 24.3 Å². The zero-order chi connectivity index (χ0) is 27.0. The second-order valence-electron chi connectivity index (χ2n) is 9.86. The van der Waals surface area contributed by atoms with Crippen molar-refractivity contribution in [3.8, 4) is 0 Å². The maximum atomic E-state index is 15.4. The van der Waals surface area contributed by atoms with Gasteiger partial charge in [0.05, 0.1) is 24.1 Å². The first-order valence-electron chi connectivity index (χ1n) is 12.4. The van der Waals surface area contributed by atoms with E-state index in [1.807, 2.05) is 4.90 Å². The number of imide groups is 2. The highest BCUT2D eigenvalue weighted by Gasteiger charge is 2.45. The van der Waals surface area contributed by atoms with Crippen LogP contribution in [0.3, 0.4) is 0 Å². The van der Waals surface area contributed by atoms with Gasteiger partial charge >= 0.3 is 0 Å². The Morgan fingerprint density at radius 1 is 1.03 bits per heavy atom. The summed E-state index contributed by atoms with van der Waals surface area (Å²) < 4.78 is 29.2. The smallest absolute Gasteiger partial charge is 0.262 e. The molecule has 2 saturated heterocycles. The third kappa shape index (κ3) is 4.88. The summed E-state index contributed by atoms with van der Waals surface area (Å²) in [4.78, 5) is 64.7. The van der Waals surface area contributed by atoms with Gasteiger partial charge in [-0.25, -0.2) is 8.78 Å². The second kappa shape index (κ2) is 9.96. The van der Waals surface area contributed by atoms with Crippen LogP contribution in [0.5, 0.6) is 0 Å². The Labute approximate surface area is 217 Å². The van der Waals surface area contributed by atoms with Gasteiger partial charge < -0.3 is 10.2 Å². The lowest BCUT2D eigenvalue weighted by molar-refractivity contribution is -0.136. The highest BCUT2D eigenvalue weighted by Crippen LogP contribution is 2.33. The normalized spacial score (nSPS) is 20.8. The molecule has 38 heavy (non-hydrogen) atoms. The third-order valence-corrected chi connectivity index (χ3v) is 7.36. The van der Waals surface area contributed by atoms with Gasteiger partial charge in [-0.1, -0.05) is 18.2 Å². The van der Waals surface area contributed by atoms with Gasteiger partial charge in [0.2, 0.25) is 17.7 Å². The fourth-order valence-electron chi connectivity index (χ4n) is 5.13. The van der Waals surface area contributed by atoms with Crippen molar-refractivity contribution in [3.05, 3.63) is 65.0 Å². The number of amides is 5. The van der Waals surface area contributed by atoms with Crippen LogP contribution in [0.15, 0.2) is 42.5 Å². The number of anilines is 1. The Kier molecular flexibility index (Phi) is 6.68. The van der Waals surface area contributed by atoms with Crippen LogP contribution >= 0.6 is 0 Å². The van der Waals surface area contributed by atoms with Gasteiger partial charge in [0.25, 0.3) is 11.8 Å². The van der Waals surface area contributed by atoms with Gasteiger partial charge in [-0.2, -0.15) is 0 Å². The minimum atomic E-state index is -1.63. The van der Waals surface area contributed by atoms with E-state index in [1.54, 1.807) is 18.2 Å². The molecule has 198 valence electrons. The fourth-order valence-corrected chi connectivity index (χ4v) is 5.13. The molecule has 0 bridgehead atoms. The van der Waals surface area contributed by atoms with Crippen LogP contribution in [0.25, 0.3) is 0 Å². The molecule has 0 spiro atoms. The predicted molar refractivity (Wildman–Crippen MR) is 132 cm³/mol. The Hall–Kier alpha value is -4.15. The standard InChI is InChI=1S/C27H26F2N4O5/c28-20-4-2-1-3-16(20)13-23(35)30-15-27(29)9-11-32(12-10-27)17-5-6-18-19(14-17)26(38)33(25(18)37)21-7-8-22(34)31-24(21)36/h1-6,14,21H,7-13,15H2,(H,30,35)(H,31,34,36). The topological polar surface area (TPSA) is 116 Å². The zero-order valence-electron chi connectivity index (χ0n) is 20.5. The molecule has 3 aliphatic heterocycles. The molecule has 0 aliphatic carbocycles. The number of piperidine rings is 2. The number of nitrogens with zero attached hydrogens (tertiary/aromatic N) is 2. The summed E-state index contributed by atoms with van der Waals surface area (Å²) in [5.74, 6) is -3.25. The van der Waals surface area contributed by atoms with Crippen molar-refractivity contribution < 1.29 is 32.8 Å². The van der Waals surface area contributed by atoms with Crippen molar-refractivity contribution in [1.82, 2.24) is 15.5 Å². The average molecular weight is 525 g/mol. The van der Waals surface area contributed by atoms with Crippen LogP contribution in [0.2, 0.25) is 0 Å². The number of halogens is 2. The molecule has 9 nitrogen and oxygen atoms in total. The molecule has 0 radical (unpaired) electrons. The summed E-state index contributed by atoms with van der Waals surface area (Å²) in [6.07, 6.45) is 0.188. The largest absolute Gasteiger partial charge is 0.371 e. The first-order chi connectivity index (χ1) is 18.1. The molecule has 1 atom stereocenters. The third-order valence-electron chi connectivity index (χ3n) is 7.36. The van der Waals surface area contributed by atoms with E-state index in [0.29, 0.717) is 18.8 Å². The van der Waals surface area contributed by atoms with Crippen LogP contribution in [0.4, 0.5) is 14.5 Å². The van der Waals surface area contributed by atoms with Gasteiger partial charge in [-0.05, 0) is 36.2 Å². The molecule has 2 aromatic rings. The molecule has 2 aromatic carbocycles. The molecule has 1 unspecified atom stereocenters. The number of fused-ring (bicyclic) bond motifs is 1. The van der Waals surface area contributed by atoms with E-state index in [4.69, 9.17) is 0 Å². The summed E-state index contributed by atoms with van der Waals surface area (Å²) in [5, 5.41) is 4.74. The number of hydrogen-bond donors (Lipinski definition) is 2. The lowest BCUT2D eigenvalue weighted by Crippen LogP contribution is -2.54. The van der Waals surface area contributed by atoms with Crippen LogP contribution in [-0.4, -0.2) is 65.8 Å². The average Bonchev–Trinajstić information content (AvgIpc) is 3.14. The number of rotatable bonds is 6. The van der Waals surface area contributed by atoms with E-state index in [0.717, 1.165) is 4.90 Å². The SMILES string of the molecule is O=C(Cc1ccccc1F)NCC1(F)CCN(c2ccc3c(c2)C(=O)N(C2CCC(=O)NC2=O)C3=O)CC1. The Bertz CT molecular complexity index is 1340. The molecule has 0 aromatic heterocycles. The Balaban J connectivity index is 1.19. The van der Waals surface area contributed by atoms with E-state index < -0.39 is 47.1 Å². The number of carbonyl (C=O) groups is 5. The van der Waals surface area contributed by atoms with E-state index >= 15 is 4.39 Å². The van der Waals surface area contributed by atoms with Crippen LogP contribution in [-0.2, 0) is 20.8 Å². The molecule has 0 saturated carbocycles. The minimum Gasteiger partial charge on any atom is -0.371 e. The lowest BCUT2D eigenvalue weighted by atomic mass is 9.92. The van der Waals surface area contributed by atoms with Gasteiger partial charge in [0.15, 0.2) is 0 Å². The maximum absolute atomic E-state index is 15.4. The minimum absolute atomic E-state index is 0.0391. The van der Waals surface area contributed by atoms with Gasteiger partial charge in [0.1, 0.15) is 17.5 Å². The maximum Gasteiger partial charge on any atom is 0.262 e. The number of carbonyl (C=O) groups excluding carboxylic acids is 5. The molecular weight excluding hydrogens is 498 g/mol. The molecule has 5 amide bonds. The molecule has 2 N–H and O–H groups in total. The molecule has 3 aliphatic rings. The van der Waals surface area contributed by atoms with Crippen LogP contribution in [0.1, 0.15) is 52.0 Å². The fraction of sp³-hybridized carbons (Fsp3) is 0.370. The molecule has 5 rings (SSSR count). The van der Waals surface area contributed by atoms with Crippen molar-refractivity contribution in [1.29, 1.82) is 0 Å². The van der Waals surface area contributed by atoms with Crippen molar-refractivity contribution in [2.45, 2.75) is 43.8 Å². The predicted octanol–water partition coefficient (Wildman–Crippen LogP) is 1.89. The number of benzene rings is 2. The second-order valence-corrected chi connectivity index (χ2v) is 9.86. The van der Waals surface area contributed by atoms with Gasteiger partial charge in [0, 0.05) is 38.0 Å². The summed E-state index contributed by atoms with van der Waals surface area (Å²) in [6.45, 7) is 0.446. The summed E-state index contributed by atoms with van der Waals surface area (Å²) in [6, 6.07) is 9.68. The van der Waals surface area contributed by atoms with Crippen molar-refractivity contribution in [3.63, 3.8) is 0 Å². The monoisotopic (exact) mass is 524 g/mol.